The van der Waals surface area contributed by atoms with Gasteiger partial charge in [-0.15, -0.1) is 0 Å². The van der Waals surface area contributed by atoms with Gasteiger partial charge in [0.25, 0.3) is 11.6 Å². The van der Waals surface area contributed by atoms with Crippen LogP contribution in [0.4, 0.5) is 10.1 Å². The molecule has 1 aromatic carbocycles. The van der Waals surface area contributed by atoms with E-state index in [9.17, 15) is 19.3 Å². The molecule has 1 rings (SSSR count). The first-order chi connectivity index (χ1) is 7.97. The van der Waals surface area contributed by atoms with Gasteiger partial charge in [-0.2, -0.15) is 5.26 Å². The molecule has 0 saturated carbocycles. The Morgan fingerprint density at radius 1 is 1.65 bits per heavy atom. The van der Waals surface area contributed by atoms with Gasteiger partial charge in [0.15, 0.2) is 0 Å². The Labute approximate surface area is 96.0 Å². The highest BCUT2D eigenvalue weighted by atomic mass is 19.1. The molecule has 6 nitrogen and oxygen atoms in total. The second-order valence-corrected chi connectivity index (χ2v) is 3.24. The van der Waals surface area contributed by atoms with Crippen molar-refractivity contribution >= 4 is 11.6 Å². The topological polar surface area (TPSA) is 87.2 Å². The Bertz CT molecular complexity index is 510. The minimum atomic E-state index is -0.837. The van der Waals surface area contributed by atoms with Crippen LogP contribution >= 0.6 is 0 Å². The standard InChI is InChI=1S/C10H8FN3O3/c1-13(5-4-12)10(15)8-3-2-7(11)6-9(8)14(16)17/h2-3,6H,5H2,1H3. The Morgan fingerprint density at radius 3 is 2.82 bits per heavy atom. The maximum Gasteiger partial charge on any atom is 0.285 e. The number of hydrogen-bond acceptors (Lipinski definition) is 4. The number of benzene rings is 1. The van der Waals surface area contributed by atoms with E-state index < -0.39 is 22.3 Å². The number of carbonyl (C=O) groups is 1. The van der Waals surface area contributed by atoms with E-state index >= 15 is 0 Å². The first kappa shape index (κ1) is 12.6. The third-order valence-corrected chi connectivity index (χ3v) is 2.04. The SMILES string of the molecule is CN(CC#N)C(=O)c1ccc(F)cc1[N+](=O)[O-]. The van der Waals surface area contributed by atoms with Crippen molar-refractivity contribution in [3.8, 4) is 6.07 Å². The molecule has 0 fully saturated rings. The average molecular weight is 237 g/mol. The fourth-order valence-electron chi connectivity index (χ4n) is 1.22. The predicted octanol–water partition coefficient (Wildman–Crippen LogP) is 1.33. The van der Waals surface area contributed by atoms with Gasteiger partial charge in [0.05, 0.1) is 17.1 Å². The van der Waals surface area contributed by atoms with Crippen LogP contribution in [0.25, 0.3) is 0 Å². The summed E-state index contributed by atoms with van der Waals surface area (Å²) in [5, 5.41) is 19.1. The monoisotopic (exact) mass is 237 g/mol. The van der Waals surface area contributed by atoms with E-state index in [1.807, 2.05) is 0 Å². The van der Waals surface area contributed by atoms with Gasteiger partial charge in [0.2, 0.25) is 0 Å². The molecule has 88 valence electrons. The molecule has 0 unspecified atom stereocenters. The first-order valence-corrected chi connectivity index (χ1v) is 4.53. The fourth-order valence-corrected chi connectivity index (χ4v) is 1.22. The van der Waals surface area contributed by atoms with Crippen LogP contribution in [0.2, 0.25) is 0 Å². The quantitative estimate of drug-likeness (QED) is 0.450. The minimum Gasteiger partial charge on any atom is -0.328 e. The fraction of sp³-hybridized carbons (Fsp3) is 0.200. The van der Waals surface area contributed by atoms with E-state index in [1.165, 1.54) is 7.05 Å². The van der Waals surface area contributed by atoms with Crippen molar-refractivity contribution in [1.82, 2.24) is 4.90 Å². The molecule has 0 aliphatic carbocycles. The normalized spacial score (nSPS) is 9.47. The third-order valence-electron chi connectivity index (χ3n) is 2.04. The van der Waals surface area contributed by atoms with E-state index in [0.717, 1.165) is 17.0 Å². The molecule has 17 heavy (non-hydrogen) atoms. The lowest BCUT2D eigenvalue weighted by atomic mass is 10.1. The number of amides is 1. The number of halogens is 1. The van der Waals surface area contributed by atoms with E-state index in [-0.39, 0.29) is 12.1 Å². The molecule has 1 aromatic rings. The van der Waals surface area contributed by atoms with Crippen molar-refractivity contribution in [2.75, 3.05) is 13.6 Å². The molecule has 0 atom stereocenters. The zero-order valence-electron chi connectivity index (χ0n) is 8.88. The summed E-state index contributed by atoms with van der Waals surface area (Å²) in [6.07, 6.45) is 0. The molecule has 0 saturated heterocycles. The van der Waals surface area contributed by atoms with Gasteiger partial charge >= 0.3 is 0 Å². The van der Waals surface area contributed by atoms with Crippen LogP contribution in [0.3, 0.4) is 0 Å². The smallest absolute Gasteiger partial charge is 0.285 e. The van der Waals surface area contributed by atoms with Crippen LogP contribution < -0.4 is 0 Å². The Morgan fingerprint density at radius 2 is 2.29 bits per heavy atom. The van der Waals surface area contributed by atoms with Gasteiger partial charge in [-0.05, 0) is 12.1 Å². The van der Waals surface area contributed by atoms with Crippen LogP contribution in [0.5, 0.6) is 0 Å². The number of rotatable bonds is 3. The number of hydrogen-bond donors (Lipinski definition) is 0. The summed E-state index contributed by atoms with van der Waals surface area (Å²) in [7, 11) is 1.33. The molecular weight excluding hydrogens is 229 g/mol. The molecule has 0 aliphatic rings. The van der Waals surface area contributed by atoms with Crippen molar-refractivity contribution in [2.45, 2.75) is 0 Å². The lowest BCUT2D eigenvalue weighted by Crippen LogP contribution is -2.27. The van der Waals surface area contributed by atoms with Crippen LogP contribution in [-0.2, 0) is 0 Å². The van der Waals surface area contributed by atoms with Gasteiger partial charge in [-0.25, -0.2) is 4.39 Å². The number of nitro groups is 1. The molecule has 1 amide bonds. The second kappa shape index (κ2) is 5.03. The minimum absolute atomic E-state index is 0.201. The Hall–Kier alpha value is -2.49. The summed E-state index contributed by atoms with van der Waals surface area (Å²) < 4.78 is 12.8. The van der Waals surface area contributed by atoms with Crippen molar-refractivity contribution in [3.63, 3.8) is 0 Å². The second-order valence-electron chi connectivity index (χ2n) is 3.24. The third kappa shape index (κ3) is 2.75. The predicted molar refractivity (Wildman–Crippen MR) is 55.6 cm³/mol. The Balaban J connectivity index is 3.18. The van der Waals surface area contributed by atoms with Gasteiger partial charge in [-0.1, -0.05) is 0 Å². The molecular formula is C10H8FN3O3. The van der Waals surface area contributed by atoms with Crippen molar-refractivity contribution < 1.29 is 14.1 Å². The van der Waals surface area contributed by atoms with Crippen LogP contribution in [0.15, 0.2) is 18.2 Å². The van der Waals surface area contributed by atoms with E-state index in [2.05, 4.69) is 0 Å². The number of nitriles is 1. The molecule has 0 aliphatic heterocycles. The van der Waals surface area contributed by atoms with Crippen molar-refractivity contribution in [3.05, 3.63) is 39.7 Å². The van der Waals surface area contributed by atoms with Gasteiger partial charge < -0.3 is 4.90 Å². The zero-order chi connectivity index (χ0) is 13.0. The van der Waals surface area contributed by atoms with Gasteiger partial charge in [0.1, 0.15) is 17.9 Å². The van der Waals surface area contributed by atoms with E-state index in [1.54, 1.807) is 6.07 Å². The number of nitrogens with zero attached hydrogens (tertiary/aromatic N) is 3. The van der Waals surface area contributed by atoms with Gasteiger partial charge in [0, 0.05) is 7.05 Å². The molecule has 0 spiro atoms. The summed E-state index contributed by atoms with van der Waals surface area (Å²) in [5.41, 5.74) is -0.853. The van der Waals surface area contributed by atoms with Crippen LogP contribution in [0, 0.1) is 27.3 Å². The summed E-state index contributed by atoms with van der Waals surface area (Å²) in [6.45, 7) is -0.201. The molecule has 0 heterocycles. The summed E-state index contributed by atoms with van der Waals surface area (Å²) in [4.78, 5) is 22.6. The van der Waals surface area contributed by atoms with Gasteiger partial charge in [-0.3, -0.25) is 14.9 Å². The summed E-state index contributed by atoms with van der Waals surface area (Å²) >= 11 is 0. The maximum absolute atomic E-state index is 12.8. The van der Waals surface area contributed by atoms with Crippen LogP contribution in [0.1, 0.15) is 10.4 Å². The molecule has 0 radical (unpaired) electrons. The zero-order valence-corrected chi connectivity index (χ0v) is 8.88. The average Bonchev–Trinajstić information content (AvgIpc) is 2.28. The maximum atomic E-state index is 12.8. The summed E-state index contributed by atoms with van der Waals surface area (Å²) in [6, 6.07) is 4.40. The molecule has 0 aromatic heterocycles. The largest absolute Gasteiger partial charge is 0.328 e. The van der Waals surface area contributed by atoms with E-state index in [4.69, 9.17) is 5.26 Å². The highest BCUT2D eigenvalue weighted by Gasteiger charge is 2.23. The van der Waals surface area contributed by atoms with E-state index in [0.29, 0.717) is 6.07 Å². The highest BCUT2D eigenvalue weighted by Crippen LogP contribution is 2.20. The van der Waals surface area contributed by atoms with Crippen molar-refractivity contribution in [1.29, 1.82) is 5.26 Å². The summed E-state index contributed by atoms with van der Waals surface area (Å²) in [5.74, 6) is -1.49. The lowest BCUT2D eigenvalue weighted by molar-refractivity contribution is -0.385. The Kier molecular flexibility index (Phi) is 3.72. The number of nitro benzene ring substituents is 1. The number of carbonyl (C=O) groups excluding carboxylic acids is 1. The molecule has 0 bridgehead atoms. The highest BCUT2D eigenvalue weighted by molar-refractivity contribution is 5.98. The molecule has 7 heteroatoms. The molecule has 0 N–H and O–H groups in total. The first-order valence-electron chi connectivity index (χ1n) is 4.53. The lowest BCUT2D eigenvalue weighted by Gasteiger charge is -2.12. The van der Waals surface area contributed by atoms with Crippen LogP contribution in [-0.4, -0.2) is 29.3 Å². The van der Waals surface area contributed by atoms with Crippen molar-refractivity contribution in [2.24, 2.45) is 0 Å².